The number of oxazole rings is 1. The molecule has 0 amide bonds. The summed E-state index contributed by atoms with van der Waals surface area (Å²) < 4.78 is 22.5. The van der Waals surface area contributed by atoms with Gasteiger partial charge in [0.2, 0.25) is 11.6 Å². The number of rotatable bonds is 7. The zero-order chi connectivity index (χ0) is 22.5. The van der Waals surface area contributed by atoms with E-state index in [1.165, 1.54) is 0 Å². The van der Waals surface area contributed by atoms with Gasteiger partial charge in [-0.15, -0.1) is 0 Å². The molecular formula is C23H22ClN3O5. The van der Waals surface area contributed by atoms with Crippen LogP contribution >= 0.6 is 11.6 Å². The van der Waals surface area contributed by atoms with Gasteiger partial charge >= 0.3 is 5.97 Å². The first kappa shape index (κ1) is 21.8. The minimum absolute atomic E-state index is 0.134. The molecule has 2 aromatic heterocycles. The van der Waals surface area contributed by atoms with E-state index >= 15 is 0 Å². The highest BCUT2D eigenvalue weighted by atomic mass is 35.5. The maximum absolute atomic E-state index is 12.0. The molecule has 9 heteroatoms. The second kappa shape index (κ2) is 9.79. The smallest absolute Gasteiger partial charge is 0.309 e. The van der Waals surface area contributed by atoms with Gasteiger partial charge in [0.1, 0.15) is 24.2 Å². The van der Waals surface area contributed by atoms with Crippen molar-refractivity contribution in [2.75, 3.05) is 24.6 Å². The Kier molecular flexibility index (Phi) is 6.66. The van der Waals surface area contributed by atoms with Gasteiger partial charge in [0.15, 0.2) is 5.76 Å². The van der Waals surface area contributed by atoms with Crippen LogP contribution in [0.25, 0.3) is 11.7 Å². The largest absolute Gasteiger partial charge is 0.484 e. The predicted octanol–water partition coefficient (Wildman–Crippen LogP) is 4.82. The molecule has 1 aromatic carbocycles. The second-order valence-corrected chi connectivity index (χ2v) is 7.69. The number of halogens is 1. The molecule has 3 aromatic rings. The van der Waals surface area contributed by atoms with Crippen LogP contribution in [-0.4, -0.2) is 30.6 Å². The molecule has 32 heavy (non-hydrogen) atoms. The van der Waals surface area contributed by atoms with Gasteiger partial charge in [-0.2, -0.15) is 10.2 Å². The van der Waals surface area contributed by atoms with E-state index in [1.807, 2.05) is 17.0 Å². The Labute approximate surface area is 190 Å². The van der Waals surface area contributed by atoms with Crippen molar-refractivity contribution in [1.82, 2.24) is 4.98 Å². The number of furan rings is 1. The van der Waals surface area contributed by atoms with Crippen molar-refractivity contribution in [1.29, 1.82) is 5.26 Å². The molecule has 0 N–H and O–H groups in total. The quantitative estimate of drug-likeness (QED) is 0.467. The molecule has 0 atom stereocenters. The maximum atomic E-state index is 12.0. The zero-order valence-electron chi connectivity index (χ0n) is 17.5. The van der Waals surface area contributed by atoms with Crippen molar-refractivity contribution >= 4 is 23.5 Å². The molecule has 0 bridgehead atoms. The van der Waals surface area contributed by atoms with E-state index in [2.05, 4.69) is 11.1 Å². The molecule has 0 spiro atoms. The number of piperidine rings is 1. The summed E-state index contributed by atoms with van der Waals surface area (Å²) in [7, 11) is 0. The highest BCUT2D eigenvalue weighted by Gasteiger charge is 2.30. The van der Waals surface area contributed by atoms with E-state index in [9.17, 15) is 10.1 Å². The molecule has 1 fully saturated rings. The Hall–Kier alpha value is -3.44. The number of nitriles is 1. The number of carbonyl (C=O) groups excluding carboxylic acids is 1. The van der Waals surface area contributed by atoms with Crippen LogP contribution in [-0.2, 0) is 16.1 Å². The molecule has 0 saturated carbocycles. The Bertz CT molecular complexity index is 1120. The SMILES string of the molecule is CCOC(=O)C1CCN(c2oc(-c3ccc(COc4ccccc4Cl)o3)nc2C#N)CC1. The molecule has 3 heterocycles. The highest BCUT2D eigenvalue weighted by molar-refractivity contribution is 6.32. The maximum Gasteiger partial charge on any atom is 0.309 e. The van der Waals surface area contributed by atoms with Crippen molar-refractivity contribution in [3.05, 3.63) is 52.9 Å². The number of nitrogens with zero attached hydrogens (tertiary/aromatic N) is 3. The number of para-hydroxylation sites is 1. The van der Waals surface area contributed by atoms with Crippen LogP contribution in [0.15, 0.2) is 45.2 Å². The number of ether oxygens (including phenoxy) is 2. The number of carbonyl (C=O) groups is 1. The van der Waals surface area contributed by atoms with Crippen molar-refractivity contribution in [3.8, 4) is 23.5 Å². The molecule has 1 aliphatic rings. The fourth-order valence-electron chi connectivity index (χ4n) is 3.56. The van der Waals surface area contributed by atoms with Crippen LogP contribution in [0.5, 0.6) is 5.75 Å². The summed E-state index contributed by atoms with van der Waals surface area (Å²) in [6.45, 7) is 3.50. The lowest BCUT2D eigenvalue weighted by Crippen LogP contribution is -2.37. The molecular weight excluding hydrogens is 434 g/mol. The van der Waals surface area contributed by atoms with E-state index in [0.29, 0.717) is 60.7 Å². The fraction of sp³-hybridized carbons (Fsp3) is 0.348. The molecule has 1 saturated heterocycles. The number of esters is 1. The fourth-order valence-corrected chi connectivity index (χ4v) is 3.75. The van der Waals surface area contributed by atoms with E-state index in [-0.39, 0.29) is 30.1 Å². The molecule has 166 valence electrons. The lowest BCUT2D eigenvalue weighted by Gasteiger charge is -2.30. The second-order valence-electron chi connectivity index (χ2n) is 7.28. The zero-order valence-corrected chi connectivity index (χ0v) is 18.3. The van der Waals surface area contributed by atoms with Gasteiger partial charge in [0, 0.05) is 13.1 Å². The number of hydrogen-bond acceptors (Lipinski definition) is 8. The molecule has 1 aliphatic heterocycles. The lowest BCUT2D eigenvalue weighted by molar-refractivity contribution is -0.148. The Balaban J connectivity index is 1.43. The van der Waals surface area contributed by atoms with E-state index in [4.69, 9.17) is 29.9 Å². The number of benzene rings is 1. The van der Waals surface area contributed by atoms with Crippen LogP contribution in [0.2, 0.25) is 5.02 Å². The third-order valence-electron chi connectivity index (χ3n) is 5.20. The van der Waals surface area contributed by atoms with E-state index in [1.54, 1.807) is 31.2 Å². The lowest BCUT2D eigenvalue weighted by atomic mass is 9.97. The van der Waals surface area contributed by atoms with Gasteiger partial charge in [-0.3, -0.25) is 4.79 Å². The average Bonchev–Trinajstić information content (AvgIpc) is 3.46. The van der Waals surface area contributed by atoms with Crippen LogP contribution in [0.4, 0.5) is 5.88 Å². The van der Waals surface area contributed by atoms with Crippen molar-refractivity contribution in [2.24, 2.45) is 5.92 Å². The van der Waals surface area contributed by atoms with Gasteiger partial charge in [0.05, 0.1) is 17.5 Å². The van der Waals surface area contributed by atoms with Crippen LogP contribution in [0.3, 0.4) is 0 Å². The predicted molar refractivity (Wildman–Crippen MR) is 116 cm³/mol. The van der Waals surface area contributed by atoms with E-state index < -0.39 is 0 Å². The minimum Gasteiger partial charge on any atom is -0.484 e. The van der Waals surface area contributed by atoms with Crippen molar-refractivity contribution < 1.29 is 23.1 Å². The van der Waals surface area contributed by atoms with Crippen LogP contribution in [0, 0.1) is 17.2 Å². The average molecular weight is 456 g/mol. The van der Waals surface area contributed by atoms with Gasteiger partial charge in [-0.1, -0.05) is 23.7 Å². The normalized spacial score (nSPS) is 14.2. The topological polar surface area (TPSA) is 102 Å². The first-order chi connectivity index (χ1) is 15.6. The highest BCUT2D eigenvalue weighted by Crippen LogP contribution is 2.32. The Morgan fingerprint density at radius 1 is 1.25 bits per heavy atom. The molecule has 8 nitrogen and oxygen atoms in total. The summed E-state index contributed by atoms with van der Waals surface area (Å²) in [5.74, 6) is 1.81. The monoisotopic (exact) mass is 455 g/mol. The first-order valence-corrected chi connectivity index (χ1v) is 10.8. The Morgan fingerprint density at radius 2 is 2.03 bits per heavy atom. The van der Waals surface area contributed by atoms with Crippen molar-refractivity contribution in [3.63, 3.8) is 0 Å². The summed E-state index contributed by atoms with van der Waals surface area (Å²) >= 11 is 6.10. The van der Waals surface area contributed by atoms with Gasteiger partial charge in [-0.25, -0.2) is 0 Å². The third kappa shape index (κ3) is 4.73. The van der Waals surface area contributed by atoms with Crippen LogP contribution in [0.1, 0.15) is 31.2 Å². The van der Waals surface area contributed by atoms with Gasteiger partial charge < -0.3 is 23.2 Å². The first-order valence-electron chi connectivity index (χ1n) is 10.4. The van der Waals surface area contributed by atoms with E-state index in [0.717, 1.165) is 0 Å². The molecule has 0 aliphatic carbocycles. The summed E-state index contributed by atoms with van der Waals surface area (Å²) in [6.07, 6.45) is 1.26. The summed E-state index contributed by atoms with van der Waals surface area (Å²) in [5.41, 5.74) is 0.180. The summed E-state index contributed by atoms with van der Waals surface area (Å²) in [4.78, 5) is 18.2. The summed E-state index contributed by atoms with van der Waals surface area (Å²) in [5, 5.41) is 10.0. The standard InChI is InChI=1S/C23H22ClN3O5/c1-2-29-23(28)15-9-11-27(12-10-15)22-18(13-25)26-21(32-22)20-8-7-16(31-20)14-30-19-6-4-3-5-17(19)24/h3-8,15H,2,9-12,14H2,1H3. The molecule has 0 radical (unpaired) electrons. The number of anilines is 1. The van der Waals surface area contributed by atoms with Crippen LogP contribution < -0.4 is 9.64 Å². The van der Waals surface area contributed by atoms with Gasteiger partial charge in [0.25, 0.3) is 5.89 Å². The molecule has 4 rings (SSSR count). The van der Waals surface area contributed by atoms with Gasteiger partial charge in [-0.05, 0) is 44.0 Å². The Morgan fingerprint density at radius 3 is 2.75 bits per heavy atom. The number of hydrogen-bond donors (Lipinski definition) is 0. The van der Waals surface area contributed by atoms with Crippen molar-refractivity contribution in [2.45, 2.75) is 26.4 Å². The third-order valence-corrected chi connectivity index (χ3v) is 5.51. The number of aromatic nitrogens is 1. The summed E-state index contributed by atoms with van der Waals surface area (Å²) in [6, 6.07) is 12.7. The minimum atomic E-state index is -0.173. The molecule has 0 unspecified atom stereocenters.